The SMILES string of the molecule is CN(CC(=O)NC1CCS(=O)(=O)C1)CC1CCCCC1. The number of sulfone groups is 1. The molecule has 2 fully saturated rings. The lowest BCUT2D eigenvalue weighted by Crippen LogP contribution is -2.42. The van der Waals surface area contributed by atoms with E-state index in [9.17, 15) is 13.2 Å². The highest BCUT2D eigenvalue weighted by atomic mass is 32.2. The van der Waals surface area contributed by atoms with Crippen LogP contribution in [0.4, 0.5) is 0 Å². The van der Waals surface area contributed by atoms with E-state index in [-0.39, 0.29) is 23.5 Å². The van der Waals surface area contributed by atoms with E-state index in [1.807, 2.05) is 7.05 Å². The van der Waals surface area contributed by atoms with Gasteiger partial charge in [-0.05, 0) is 32.2 Å². The van der Waals surface area contributed by atoms with E-state index in [4.69, 9.17) is 0 Å². The summed E-state index contributed by atoms with van der Waals surface area (Å²) < 4.78 is 22.7. The first-order valence-corrected chi connectivity index (χ1v) is 9.45. The van der Waals surface area contributed by atoms with Gasteiger partial charge in [-0.15, -0.1) is 0 Å². The zero-order chi connectivity index (χ0) is 14.6. The van der Waals surface area contributed by atoms with Crippen molar-refractivity contribution in [2.45, 2.75) is 44.6 Å². The van der Waals surface area contributed by atoms with Gasteiger partial charge in [-0.2, -0.15) is 0 Å². The van der Waals surface area contributed by atoms with Gasteiger partial charge in [-0.25, -0.2) is 8.42 Å². The first-order valence-electron chi connectivity index (χ1n) is 7.63. The molecule has 1 aliphatic heterocycles. The third-order valence-corrected chi connectivity index (χ3v) is 6.07. The van der Waals surface area contributed by atoms with Gasteiger partial charge in [0.25, 0.3) is 0 Å². The first kappa shape index (κ1) is 15.8. The van der Waals surface area contributed by atoms with Crippen LogP contribution < -0.4 is 5.32 Å². The fourth-order valence-electron chi connectivity index (χ4n) is 3.30. The molecule has 0 aromatic rings. The highest BCUT2D eigenvalue weighted by molar-refractivity contribution is 7.91. The summed E-state index contributed by atoms with van der Waals surface area (Å²) in [6.45, 7) is 1.34. The quantitative estimate of drug-likeness (QED) is 0.816. The zero-order valence-electron chi connectivity index (χ0n) is 12.3. The van der Waals surface area contributed by atoms with Gasteiger partial charge >= 0.3 is 0 Å². The van der Waals surface area contributed by atoms with Crippen LogP contribution in [0.2, 0.25) is 0 Å². The molecule has 20 heavy (non-hydrogen) atoms. The number of nitrogens with zero attached hydrogens (tertiary/aromatic N) is 1. The van der Waals surface area contributed by atoms with Gasteiger partial charge in [0, 0.05) is 12.6 Å². The third kappa shape index (κ3) is 5.05. The predicted octanol–water partition coefficient (Wildman–Crippen LogP) is 0.802. The number of carbonyl (C=O) groups is 1. The third-order valence-electron chi connectivity index (χ3n) is 4.31. The molecule has 0 radical (unpaired) electrons. The summed E-state index contributed by atoms with van der Waals surface area (Å²) in [7, 11) is -0.949. The molecule has 1 aliphatic carbocycles. The molecule has 116 valence electrons. The van der Waals surface area contributed by atoms with Crippen molar-refractivity contribution in [3.8, 4) is 0 Å². The summed E-state index contributed by atoms with van der Waals surface area (Å²) in [6, 6.07) is -0.185. The van der Waals surface area contributed by atoms with Crippen molar-refractivity contribution in [1.82, 2.24) is 10.2 Å². The summed E-state index contributed by atoms with van der Waals surface area (Å²) in [5, 5.41) is 2.84. The van der Waals surface area contributed by atoms with Crippen LogP contribution in [0.15, 0.2) is 0 Å². The fourth-order valence-corrected chi connectivity index (χ4v) is 4.98. The highest BCUT2D eigenvalue weighted by Crippen LogP contribution is 2.23. The van der Waals surface area contributed by atoms with Crippen molar-refractivity contribution in [1.29, 1.82) is 0 Å². The molecule has 0 aromatic carbocycles. The van der Waals surface area contributed by atoms with Crippen LogP contribution >= 0.6 is 0 Å². The molecular formula is C14H26N2O3S. The van der Waals surface area contributed by atoms with Crippen molar-refractivity contribution < 1.29 is 13.2 Å². The lowest BCUT2D eigenvalue weighted by Gasteiger charge is -2.26. The second kappa shape index (κ2) is 6.89. The van der Waals surface area contributed by atoms with Crippen LogP contribution in [-0.2, 0) is 14.6 Å². The molecule has 0 bridgehead atoms. The first-order chi connectivity index (χ1) is 9.44. The molecule has 1 saturated heterocycles. The minimum atomic E-state index is -2.92. The average molecular weight is 302 g/mol. The predicted molar refractivity (Wildman–Crippen MR) is 79.3 cm³/mol. The zero-order valence-corrected chi connectivity index (χ0v) is 13.1. The summed E-state index contributed by atoms with van der Waals surface area (Å²) in [5.41, 5.74) is 0. The Morgan fingerprint density at radius 3 is 2.50 bits per heavy atom. The molecule has 6 heteroatoms. The number of rotatable bonds is 5. The molecule has 5 nitrogen and oxygen atoms in total. The average Bonchev–Trinajstić information content (AvgIpc) is 2.69. The molecular weight excluding hydrogens is 276 g/mol. The van der Waals surface area contributed by atoms with E-state index in [1.54, 1.807) is 0 Å². The molecule has 1 unspecified atom stereocenters. The molecule has 1 amide bonds. The normalized spacial score (nSPS) is 26.8. The second-order valence-corrected chi connectivity index (χ2v) is 8.60. The van der Waals surface area contributed by atoms with Crippen molar-refractivity contribution in [3.05, 3.63) is 0 Å². The van der Waals surface area contributed by atoms with Crippen molar-refractivity contribution in [2.75, 3.05) is 31.6 Å². The Morgan fingerprint density at radius 2 is 1.90 bits per heavy atom. The van der Waals surface area contributed by atoms with Crippen LogP contribution in [0.5, 0.6) is 0 Å². The number of amides is 1. The van der Waals surface area contributed by atoms with Gasteiger partial charge in [0.1, 0.15) is 0 Å². The van der Waals surface area contributed by atoms with Gasteiger partial charge in [-0.1, -0.05) is 19.3 Å². The largest absolute Gasteiger partial charge is 0.351 e. The minimum absolute atomic E-state index is 0.0505. The molecule has 1 atom stereocenters. The molecule has 0 spiro atoms. The molecule has 2 aliphatic rings. The standard InChI is InChI=1S/C14H26N2O3S/c1-16(9-12-5-3-2-4-6-12)10-14(17)15-13-7-8-20(18,19)11-13/h12-13H,2-11H2,1H3,(H,15,17). The number of nitrogens with one attached hydrogen (secondary N) is 1. The van der Waals surface area contributed by atoms with E-state index < -0.39 is 9.84 Å². The van der Waals surface area contributed by atoms with Gasteiger partial charge in [0.2, 0.25) is 5.91 Å². The Kier molecular flexibility index (Phi) is 5.43. The van der Waals surface area contributed by atoms with E-state index >= 15 is 0 Å². The van der Waals surface area contributed by atoms with E-state index in [2.05, 4.69) is 10.2 Å². The fraction of sp³-hybridized carbons (Fsp3) is 0.929. The summed E-state index contributed by atoms with van der Waals surface area (Å²) >= 11 is 0. The van der Waals surface area contributed by atoms with Crippen LogP contribution in [0.1, 0.15) is 38.5 Å². The molecule has 1 saturated carbocycles. The monoisotopic (exact) mass is 302 g/mol. The van der Waals surface area contributed by atoms with Crippen LogP contribution in [0.3, 0.4) is 0 Å². The van der Waals surface area contributed by atoms with Crippen molar-refractivity contribution >= 4 is 15.7 Å². The summed E-state index contributed by atoms with van der Waals surface area (Å²) in [4.78, 5) is 14.0. The second-order valence-electron chi connectivity index (χ2n) is 6.37. The molecule has 2 rings (SSSR count). The molecule has 1 N–H and O–H groups in total. The minimum Gasteiger partial charge on any atom is -0.351 e. The Hall–Kier alpha value is -0.620. The maximum Gasteiger partial charge on any atom is 0.234 e. The van der Waals surface area contributed by atoms with Crippen LogP contribution in [0, 0.1) is 5.92 Å². The molecule has 1 heterocycles. The van der Waals surface area contributed by atoms with Gasteiger partial charge < -0.3 is 5.32 Å². The Balaban J connectivity index is 1.68. The van der Waals surface area contributed by atoms with Gasteiger partial charge in [0.15, 0.2) is 9.84 Å². The lowest BCUT2D eigenvalue weighted by atomic mass is 9.89. The highest BCUT2D eigenvalue weighted by Gasteiger charge is 2.29. The Morgan fingerprint density at radius 1 is 1.20 bits per heavy atom. The van der Waals surface area contributed by atoms with Crippen molar-refractivity contribution in [2.24, 2.45) is 5.92 Å². The number of likely N-dealkylation sites (N-methyl/N-ethyl adjacent to an activating group) is 1. The van der Waals surface area contributed by atoms with E-state index in [0.717, 1.165) is 6.54 Å². The maximum atomic E-state index is 11.9. The molecule has 0 aromatic heterocycles. The lowest BCUT2D eigenvalue weighted by molar-refractivity contribution is -0.122. The topological polar surface area (TPSA) is 66.5 Å². The van der Waals surface area contributed by atoms with Gasteiger partial charge in [0.05, 0.1) is 18.1 Å². The number of carbonyl (C=O) groups excluding carboxylic acids is 1. The number of hydrogen-bond acceptors (Lipinski definition) is 4. The number of hydrogen-bond donors (Lipinski definition) is 1. The van der Waals surface area contributed by atoms with Crippen LogP contribution in [-0.4, -0.2) is 56.9 Å². The van der Waals surface area contributed by atoms with E-state index in [1.165, 1.54) is 32.1 Å². The summed E-state index contributed by atoms with van der Waals surface area (Å²) in [6.07, 6.45) is 7.06. The Labute approximate surface area is 122 Å². The maximum absolute atomic E-state index is 11.9. The Bertz CT molecular complexity index is 430. The van der Waals surface area contributed by atoms with Crippen LogP contribution in [0.25, 0.3) is 0 Å². The smallest absolute Gasteiger partial charge is 0.234 e. The van der Waals surface area contributed by atoms with E-state index in [0.29, 0.717) is 18.9 Å². The van der Waals surface area contributed by atoms with Crippen molar-refractivity contribution in [3.63, 3.8) is 0 Å². The summed E-state index contributed by atoms with van der Waals surface area (Å²) in [5.74, 6) is 0.972. The van der Waals surface area contributed by atoms with Gasteiger partial charge in [-0.3, -0.25) is 9.69 Å².